The minimum absolute atomic E-state index is 0.179. The molecule has 0 bridgehead atoms. The predicted molar refractivity (Wildman–Crippen MR) is 100 cm³/mol. The van der Waals surface area contributed by atoms with Crippen LogP contribution < -0.4 is 4.90 Å². The molecule has 1 aliphatic rings. The number of hydrogen-bond acceptors (Lipinski definition) is 6. The Kier molecular flexibility index (Phi) is 5.42. The highest BCUT2D eigenvalue weighted by Crippen LogP contribution is 2.35. The average molecular weight is 421 g/mol. The number of halogens is 4. The Morgan fingerprint density at radius 3 is 2.43 bits per heavy atom. The number of nitrogens with zero attached hydrogens (tertiary/aromatic N) is 5. The second kappa shape index (κ2) is 8.02. The zero-order valence-corrected chi connectivity index (χ0v) is 16.1. The third-order valence-corrected chi connectivity index (χ3v) is 5.09. The summed E-state index contributed by atoms with van der Waals surface area (Å²) in [5.41, 5.74) is -0.124. The van der Waals surface area contributed by atoms with E-state index in [0.717, 1.165) is 6.07 Å². The highest BCUT2D eigenvalue weighted by molar-refractivity contribution is 5.35. The molecule has 6 nitrogen and oxygen atoms in total. The van der Waals surface area contributed by atoms with Gasteiger partial charge in [-0.15, -0.1) is 0 Å². The molecule has 1 fully saturated rings. The number of alkyl halides is 3. The van der Waals surface area contributed by atoms with E-state index in [9.17, 15) is 17.6 Å². The summed E-state index contributed by atoms with van der Waals surface area (Å²) in [5, 5.41) is 3.79. The lowest BCUT2D eigenvalue weighted by molar-refractivity contribution is -0.137. The highest BCUT2D eigenvalue weighted by Gasteiger charge is 2.34. The first kappa shape index (κ1) is 20.3. The fraction of sp³-hybridized carbons (Fsp3) is 0.350. The summed E-state index contributed by atoms with van der Waals surface area (Å²) in [6, 6.07) is 6.06. The van der Waals surface area contributed by atoms with Gasteiger partial charge in [-0.3, -0.25) is 9.88 Å². The molecule has 0 N–H and O–H groups in total. The van der Waals surface area contributed by atoms with Crippen molar-refractivity contribution in [3.8, 4) is 0 Å². The van der Waals surface area contributed by atoms with E-state index in [1.54, 1.807) is 31.5 Å². The van der Waals surface area contributed by atoms with Crippen molar-refractivity contribution in [2.24, 2.45) is 0 Å². The van der Waals surface area contributed by atoms with Crippen molar-refractivity contribution in [3.63, 3.8) is 0 Å². The number of pyridine rings is 1. The molecule has 3 heterocycles. The molecule has 3 aromatic rings. The van der Waals surface area contributed by atoms with E-state index in [1.165, 1.54) is 6.07 Å². The monoisotopic (exact) mass is 421 g/mol. The van der Waals surface area contributed by atoms with Crippen LogP contribution in [0.5, 0.6) is 0 Å². The molecule has 2 aromatic heterocycles. The SMILES string of the molecule is Cc1noc(N2CCN(C(c3cccnc3)c3ccc(C(F)(F)F)cc3F)CC2)n1. The molecule has 1 aromatic carbocycles. The topological polar surface area (TPSA) is 58.3 Å². The Morgan fingerprint density at radius 1 is 1.10 bits per heavy atom. The molecule has 158 valence electrons. The smallest absolute Gasteiger partial charge is 0.322 e. The van der Waals surface area contributed by atoms with Crippen molar-refractivity contribution in [3.05, 3.63) is 71.1 Å². The van der Waals surface area contributed by atoms with Crippen molar-refractivity contribution in [1.29, 1.82) is 0 Å². The largest absolute Gasteiger partial charge is 0.416 e. The Bertz CT molecular complexity index is 1000. The molecule has 1 saturated heterocycles. The first-order valence-corrected chi connectivity index (χ1v) is 9.39. The fourth-order valence-electron chi connectivity index (χ4n) is 3.64. The summed E-state index contributed by atoms with van der Waals surface area (Å²) in [5.74, 6) is -0.360. The average Bonchev–Trinajstić information content (AvgIpc) is 3.16. The number of hydrogen-bond donors (Lipinski definition) is 0. The van der Waals surface area contributed by atoms with Crippen LogP contribution in [0.3, 0.4) is 0 Å². The van der Waals surface area contributed by atoms with E-state index < -0.39 is 23.6 Å². The van der Waals surface area contributed by atoms with Crippen LogP contribution in [0, 0.1) is 12.7 Å². The van der Waals surface area contributed by atoms with Gasteiger partial charge in [0.05, 0.1) is 11.6 Å². The molecular weight excluding hydrogens is 402 g/mol. The standard InChI is InChI=1S/C20H19F4N5O/c1-13-26-19(30-27-13)29-9-7-28(8-10-29)18(14-3-2-6-25-12-14)16-5-4-15(11-17(16)21)20(22,23)24/h2-6,11-12,18H,7-10H2,1H3. The van der Waals surface area contributed by atoms with Gasteiger partial charge in [0.15, 0.2) is 5.82 Å². The highest BCUT2D eigenvalue weighted by atomic mass is 19.4. The zero-order chi connectivity index (χ0) is 21.3. The van der Waals surface area contributed by atoms with Gasteiger partial charge in [-0.05, 0) is 30.7 Å². The molecule has 0 saturated carbocycles. The molecule has 0 radical (unpaired) electrons. The lowest BCUT2D eigenvalue weighted by atomic mass is 9.96. The number of aromatic nitrogens is 3. The maximum Gasteiger partial charge on any atom is 0.416 e. The van der Waals surface area contributed by atoms with E-state index in [2.05, 4.69) is 15.1 Å². The Morgan fingerprint density at radius 2 is 1.87 bits per heavy atom. The second-order valence-corrected chi connectivity index (χ2v) is 7.07. The normalized spacial score (nSPS) is 16.6. The lowest BCUT2D eigenvalue weighted by Gasteiger charge is -2.39. The van der Waals surface area contributed by atoms with Crippen molar-refractivity contribution >= 4 is 6.01 Å². The first-order valence-electron chi connectivity index (χ1n) is 9.39. The van der Waals surface area contributed by atoms with Gasteiger partial charge in [0.25, 0.3) is 0 Å². The summed E-state index contributed by atoms with van der Waals surface area (Å²) >= 11 is 0. The van der Waals surface area contributed by atoms with Gasteiger partial charge < -0.3 is 9.42 Å². The van der Waals surface area contributed by atoms with E-state index in [1.807, 2.05) is 9.80 Å². The quantitative estimate of drug-likeness (QED) is 0.597. The Balaban J connectivity index is 1.62. The molecule has 10 heteroatoms. The van der Waals surface area contributed by atoms with Gasteiger partial charge in [-0.1, -0.05) is 17.3 Å². The third-order valence-electron chi connectivity index (χ3n) is 5.09. The molecular formula is C20H19F4N5O. The predicted octanol–water partition coefficient (Wildman–Crippen LogP) is 3.84. The minimum Gasteiger partial charge on any atom is -0.322 e. The van der Waals surface area contributed by atoms with Crippen molar-refractivity contribution in [1.82, 2.24) is 20.0 Å². The maximum absolute atomic E-state index is 14.8. The van der Waals surface area contributed by atoms with Crippen molar-refractivity contribution in [2.75, 3.05) is 31.1 Å². The summed E-state index contributed by atoms with van der Waals surface area (Å²) in [6.07, 6.45) is -1.40. The molecule has 1 atom stereocenters. The van der Waals surface area contributed by atoms with E-state index in [-0.39, 0.29) is 5.56 Å². The van der Waals surface area contributed by atoms with Crippen molar-refractivity contribution in [2.45, 2.75) is 19.1 Å². The second-order valence-electron chi connectivity index (χ2n) is 7.07. The Hall–Kier alpha value is -3.01. The molecule has 30 heavy (non-hydrogen) atoms. The molecule has 1 unspecified atom stereocenters. The molecule has 0 amide bonds. The van der Waals surface area contributed by atoms with Crippen LogP contribution in [0.15, 0.2) is 47.2 Å². The summed E-state index contributed by atoms with van der Waals surface area (Å²) < 4.78 is 58.9. The fourth-order valence-corrected chi connectivity index (χ4v) is 3.64. The van der Waals surface area contributed by atoms with E-state index in [0.29, 0.717) is 49.6 Å². The van der Waals surface area contributed by atoms with E-state index in [4.69, 9.17) is 4.52 Å². The van der Waals surface area contributed by atoms with Gasteiger partial charge >= 0.3 is 12.2 Å². The molecule has 1 aliphatic heterocycles. The van der Waals surface area contributed by atoms with Gasteiger partial charge in [-0.25, -0.2) is 4.39 Å². The van der Waals surface area contributed by atoms with Gasteiger partial charge in [0.2, 0.25) is 0 Å². The number of anilines is 1. The van der Waals surface area contributed by atoms with Gasteiger partial charge in [-0.2, -0.15) is 18.2 Å². The number of aryl methyl sites for hydroxylation is 1. The van der Waals surface area contributed by atoms with Crippen LogP contribution in [-0.4, -0.2) is 46.2 Å². The van der Waals surface area contributed by atoms with Gasteiger partial charge in [0.1, 0.15) is 5.82 Å². The number of piperazine rings is 1. The molecule has 0 spiro atoms. The lowest BCUT2D eigenvalue weighted by Crippen LogP contribution is -2.48. The zero-order valence-electron chi connectivity index (χ0n) is 16.1. The van der Waals surface area contributed by atoms with Crippen LogP contribution >= 0.6 is 0 Å². The van der Waals surface area contributed by atoms with E-state index >= 15 is 0 Å². The van der Waals surface area contributed by atoms with Gasteiger partial charge in [0, 0.05) is 44.1 Å². The third kappa shape index (κ3) is 4.13. The van der Waals surface area contributed by atoms with Crippen LogP contribution in [0.2, 0.25) is 0 Å². The summed E-state index contributed by atoms with van der Waals surface area (Å²) in [6.45, 7) is 3.90. The number of rotatable bonds is 4. The van der Waals surface area contributed by atoms with Crippen LogP contribution in [-0.2, 0) is 6.18 Å². The summed E-state index contributed by atoms with van der Waals surface area (Å²) in [7, 11) is 0. The molecule has 0 aliphatic carbocycles. The van der Waals surface area contributed by atoms with Crippen molar-refractivity contribution < 1.29 is 22.1 Å². The van der Waals surface area contributed by atoms with Crippen LogP contribution in [0.4, 0.5) is 23.6 Å². The minimum atomic E-state index is -4.60. The van der Waals surface area contributed by atoms with Crippen LogP contribution in [0.1, 0.15) is 28.6 Å². The summed E-state index contributed by atoms with van der Waals surface area (Å²) in [4.78, 5) is 12.3. The number of benzene rings is 1. The maximum atomic E-state index is 14.8. The Labute approximate surface area is 170 Å². The van der Waals surface area contributed by atoms with Crippen LogP contribution in [0.25, 0.3) is 0 Å². The molecule has 4 rings (SSSR count). The first-order chi connectivity index (χ1) is 14.3.